The summed E-state index contributed by atoms with van der Waals surface area (Å²) in [7, 11) is 0. The van der Waals surface area contributed by atoms with Crippen molar-refractivity contribution in [2.24, 2.45) is 11.8 Å². The molecule has 2 atom stereocenters. The lowest BCUT2D eigenvalue weighted by molar-refractivity contribution is 0.0910. The van der Waals surface area contributed by atoms with Crippen LogP contribution in [0.3, 0.4) is 0 Å². The van der Waals surface area contributed by atoms with Gasteiger partial charge in [-0.25, -0.2) is 0 Å². The number of nitrogens with two attached hydrogens (primary N) is 1. The molecular formula is C16H24N2O. The zero-order valence-electron chi connectivity index (χ0n) is 12.1. The Labute approximate surface area is 115 Å². The van der Waals surface area contributed by atoms with Gasteiger partial charge in [0.05, 0.1) is 0 Å². The van der Waals surface area contributed by atoms with Crippen molar-refractivity contribution < 1.29 is 4.79 Å². The summed E-state index contributed by atoms with van der Waals surface area (Å²) in [5.41, 5.74) is 8.11. The lowest BCUT2D eigenvalue weighted by atomic mass is 9.80. The number of carbonyl (C=O) groups excluding carboxylic acids is 1. The Morgan fingerprint density at radius 1 is 1.21 bits per heavy atom. The van der Waals surface area contributed by atoms with E-state index < -0.39 is 0 Å². The van der Waals surface area contributed by atoms with Crippen LogP contribution in [0.5, 0.6) is 0 Å². The van der Waals surface area contributed by atoms with E-state index in [9.17, 15) is 4.79 Å². The predicted octanol–water partition coefficient (Wildman–Crippen LogP) is 3.13. The second-order valence-electron chi connectivity index (χ2n) is 6.11. The highest BCUT2D eigenvalue weighted by atomic mass is 16.1. The van der Waals surface area contributed by atoms with Gasteiger partial charge in [0, 0.05) is 17.3 Å². The van der Waals surface area contributed by atoms with Gasteiger partial charge >= 0.3 is 0 Å². The fourth-order valence-electron chi connectivity index (χ4n) is 3.23. The normalized spacial score (nSPS) is 27.0. The molecule has 1 aliphatic rings. The van der Waals surface area contributed by atoms with Crippen molar-refractivity contribution >= 4 is 11.6 Å². The fourth-order valence-corrected chi connectivity index (χ4v) is 3.23. The Bertz CT molecular complexity index is 460. The van der Waals surface area contributed by atoms with Crippen LogP contribution in [0.25, 0.3) is 0 Å². The number of benzene rings is 1. The van der Waals surface area contributed by atoms with Crippen LogP contribution >= 0.6 is 0 Å². The quantitative estimate of drug-likeness (QED) is 0.803. The monoisotopic (exact) mass is 260 g/mol. The van der Waals surface area contributed by atoms with E-state index in [4.69, 9.17) is 5.73 Å². The summed E-state index contributed by atoms with van der Waals surface area (Å²) >= 11 is 0. The average Bonchev–Trinajstić information content (AvgIpc) is 2.31. The molecule has 3 N–H and O–H groups in total. The molecule has 1 aromatic carbocycles. The van der Waals surface area contributed by atoms with Crippen LogP contribution < -0.4 is 11.1 Å². The molecule has 3 heteroatoms. The molecule has 1 fully saturated rings. The van der Waals surface area contributed by atoms with Gasteiger partial charge in [0.2, 0.25) is 0 Å². The van der Waals surface area contributed by atoms with Crippen LogP contribution in [0.1, 0.15) is 49.0 Å². The molecule has 2 unspecified atom stereocenters. The first-order valence-corrected chi connectivity index (χ1v) is 7.13. The Hall–Kier alpha value is -1.51. The highest BCUT2D eigenvalue weighted by Crippen LogP contribution is 2.28. The highest BCUT2D eigenvalue weighted by Gasteiger charge is 2.25. The SMILES string of the molecule is Cc1c(N)cccc1C(=O)NC1CC(C)CC(C)C1. The molecule has 1 aliphatic carbocycles. The summed E-state index contributed by atoms with van der Waals surface area (Å²) in [5, 5.41) is 3.17. The molecular weight excluding hydrogens is 236 g/mol. The molecule has 0 aromatic heterocycles. The van der Waals surface area contributed by atoms with Crippen LogP contribution in [0.4, 0.5) is 5.69 Å². The van der Waals surface area contributed by atoms with Gasteiger partial charge in [-0.1, -0.05) is 19.9 Å². The maximum Gasteiger partial charge on any atom is 0.251 e. The summed E-state index contributed by atoms with van der Waals surface area (Å²) in [6.07, 6.45) is 3.43. The number of carbonyl (C=O) groups is 1. The summed E-state index contributed by atoms with van der Waals surface area (Å²) in [5.74, 6) is 1.39. The number of rotatable bonds is 2. The van der Waals surface area contributed by atoms with Gasteiger partial charge in [-0.3, -0.25) is 4.79 Å². The third kappa shape index (κ3) is 3.28. The van der Waals surface area contributed by atoms with Crippen molar-refractivity contribution in [2.45, 2.75) is 46.1 Å². The number of nitrogens with one attached hydrogen (secondary N) is 1. The molecule has 19 heavy (non-hydrogen) atoms. The minimum Gasteiger partial charge on any atom is -0.398 e. The van der Waals surface area contributed by atoms with E-state index >= 15 is 0 Å². The molecule has 1 amide bonds. The summed E-state index contributed by atoms with van der Waals surface area (Å²) < 4.78 is 0. The van der Waals surface area contributed by atoms with Crippen molar-refractivity contribution in [3.05, 3.63) is 29.3 Å². The van der Waals surface area contributed by atoms with Crippen LogP contribution in [-0.2, 0) is 0 Å². The van der Waals surface area contributed by atoms with Crippen molar-refractivity contribution in [3.8, 4) is 0 Å². The summed E-state index contributed by atoms with van der Waals surface area (Å²) in [4.78, 5) is 12.3. The van der Waals surface area contributed by atoms with Crippen LogP contribution in [0.15, 0.2) is 18.2 Å². The molecule has 0 saturated heterocycles. The first-order valence-electron chi connectivity index (χ1n) is 7.13. The van der Waals surface area contributed by atoms with E-state index in [2.05, 4.69) is 19.2 Å². The zero-order chi connectivity index (χ0) is 14.0. The van der Waals surface area contributed by atoms with E-state index in [0.717, 1.165) is 18.4 Å². The van der Waals surface area contributed by atoms with Gasteiger partial charge in [-0.15, -0.1) is 0 Å². The Balaban J connectivity index is 2.06. The molecule has 1 aromatic rings. The van der Waals surface area contributed by atoms with E-state index in [1.165, 1.54) is 6.42 Å². The molecule has 0 aliphatic heterocycles. The standard InChI is InChI=1S/C16H24N2O/c1-10-7-11(2)9-13(8-10)18-16(19)14-5-4-6-15(17)12(14)3/h4-6,10-11,13H,7-9,17H2,1-3H3,(H,18,19). The van der Waals surface area contributed by atoms with Crippen LogP contribution in [0, 0.1) is 18.8 Å². The van der Waals surface area contributed by atoms with Crippen molar-refractivity contribution in [3.63, 3.8) is 0 Å². The van der Waals surface area contributed by atoms with Gasteiger partial charge in [0.1, 0.15) is 0 Å². The third-order valence-electron chi connectivity index (χ3n) is 4.13. The van der Waals surface area contributed by atoms with Crippen molar-refractivity contribution in [2.75, 3.05) is 5.73 Å². The minimum absolute atomic E-state index is 0.0103. The molecule has 2 rings (SSSR count). The third-order valence-corrected chi connectivity index (χ3v) is 4.13. The molecule has 0 heterocycles. The van der Waals surface area contributed by atoms with Gasteiger partial charge in [-0.05, 0) is 55.7 Å². The minimum atomic E-state index is 0.0103. The number of nitrogen functional groups attached to an aromatic ring is 1. The number of hydrogen-bond donors (Lipinski definition) is 2. The first-order chi connectivity index (χ1) is 8.97. The fraction of sp³-hybridized carbons (Fsp3) is 0.562. The molecule has 1 saturated carbocycles. The smallest absolute Gasteiger partial charge is 0.251 e. The number of amides is 1. The lowest BCUT2D eigenvalue weighted by Gasteiger charge is -2.32. The zero-order valence-corrected chi connectivity index (χ0v) is 12.1. The molecule has 104 valence electrons. The van der Waals surface area contributed by atoms with Crippen LogP contribution in [-0.4, -0.2) is 11.9 Å². The van der Waals surface area contributed by atoms with Gasteiger partial charge in [-0.2, -0.15) is 0 Å². The van der Waals surface area contributed by atoms with Gasteiger partial charge in [0.15, 0.2) is 0 Å². The predicted molar refractivity (Wildman–Crippen MR) is 79.0 cm³/mol. The maximum absolute atomic E-state index is 12.3. The Kier molecular flexibility index (Phi) is 4.13. The van der Waals surface area contributed by atoms with Crippen LogP contribution in [0.2, 0.25) is 0 Å². The summed E-state index contributed by atoms with van der Waals surface area (Å²) in [6.45, 7) is 6.43. The second-order valence-corrected chi connectivity index (χ2v) is 6.11. The summed E-state index contributed by atoms with van der Waals surface area (Å²) in [6, 6.07) is 5.81. The van der Waals surface area contributed by atoms with Crippen molar-refractivity contribution in [1.29, 1.82) is 0 Å². The van der Waals surface area contributed by atoms with Crippen molar-refractivity contribution in [1.82, 2.24) is 5.32 Å². The largest absolute Gasteiger partial charge is 0.398 e. The first kappa shape index (κ1) is 13.9. The lowest BCUT2D eigenvalue weighted by Crippen LogP contribution is -2.40. The maximum atomic E-state index is 12.3. The second kappa shape index (κ2) is 5.64. The van der Waals surface area contributed by atoms with Gasteiger partial charge < -0.3 is 11.1 Å². The van der Waals surface area contributed by atoms with E-state index in [0.29, 0.717) is 29.1 Å². The van der Waals surface area contributed by atoms with Gasteiger partial charge in [0.25, 0.3) is 5.91 Å². The molecule has 0 radical (unpaired) electrons. The highest BCUT2D eigenvalue weighted by molar-refractivity contribution is 5.97. The van der Waals surface area contributed by atoms with E-state index in [-0.39, 0.29) is 5.91 Å². The number of hydrogen-bond acceptors (Lipinski definition) is 2. The molecule has 3 nitrogen and oxygen atoms in total. The Morgan fingerprint density at radius 3 is 2.47 bits per heavy atom. The van der Waals surface area contributed by atoms with E-state index in [1.54, 1.807) is 0 Å². The molecule has 0 spiro atoms. The topological polar surface area (TPSA) is 55.1 Å². The average molecular weight is 260 g/mol. The van der Waals surface area contributed by atoms with E-state index in [1.807, 2.05) is 25.1 Å². The Morgan fingerprint density at radius 2 is 1.84 bits per heavy atom. The molecule has 0 bridgehead atoms. The number of anilines is 1.